The summed E-state index contributed by atoms with van der Waals surface area (Å²) in [6.07, 6.45) is 0.818. The van der Waals surface area contributed by atoms with Crippen LogP contribution >= 0.6 is 0 Å². The van der Waals surface area contributed by atoms with E-state index in [1.165, 1.54) is 0 Å². The largest absolute Gasteiger partial charge is 0.481 e. The fourth-order valence-electron chi connectivity index (χ4n) is 1.38. The molecule has 0 spiro atoms. The van der Waals surface area contributed by atoms with E-state index in [-0.39, 0.29) is 18.3 Å². The highest BCUT2D eigenvalue weighted by Crippen LogP contribution is 2.25. The lowest BCUT2D eigenvalue weighted by Gasteiger charge is -2.03. The van der Waals surface area contributed by atoms with Gasteiger partial charge in [0.2, 0.25) is 0 Å². The highest BCUT2D eigenvalue weighted by atomic mass is 16.6. The maximum Gasteiger partial charge on any atom is 0.309 e. The van der Waals surface area contributed by atoms with Gasteiger partial charge in [0.05, 0.1) is 12.3 Å². The molecule has 1 rings (SSSR count). The topological polar surface area (TPSA) is 63.6 Å². The van der Waals surface area contributed by atoms with Crippen molar-refractivity contribution in [3.05, 3.63) is 0 Å². The van der Waals surface area contributed by atoms with E-state index in [0.717, 1.165) is 6.42 Å². The molecule has 2 unspecified atom stereocenters. The highest BCUT2D eigenvalue weighted by molar-refractivity contribution is 5.76. The van der Waals surface area contributed by atoms with Crippen LogP contribution in [0.1, 0.15) is 26.2 Å². The van der Waals surface area contributed by atoms with Crippen molar-refractivity contribution < 1.29 is 19.4 Å². The minimum atomic E-state index is -0.912. The molecule has 0 aromatic carbocycles. The summed E-state index contributed by atoms with van der Waals surface area (Å²) in [5.41, 5.74) is 0. The Bertz CT molecular complexity index is 199. The molecule has 1 heterocycles. The van der Waals surface area contributed by atoms with Gasteiger partial charge in [0.15, 0.2) is 0 Å². The summed E-state index contributed by atoms with van der Waals surface area (Å²) in [5, 5.41) is 8.43. The van der Waals surface area contributed by atoms with Crippen molar-refractivity contribution in [1.29, 1.82) is 0 Å². The second kappa shape index (κ2) is 3.56. The first-order chi connectivity index (χ1) is 5.63. The SMILES string of the molecule is CCC1CC(CC(=O)O)OC1=O. The molecule has 68 valence electrons. The predicted molar refractivity (Wildman–Crippen MR) is 40.5 cm³/mol. The summed E-state index contributed by atoms with van der Waals surface area (Å²) in [6, 6.07) is 0. The van der Waals surface area contributed by atoms with E-state index < -0.39 is 12.1 Å². The van der Waals surface area contributed by atoms with Gasteiger partial charge in [-0.3, -0.25) is 9.59 Å². The summed E-state index contributed by atoms with van der Waals surface area (Å²) in [4.78, 5) is 21.2. The second-order valence-corrected chi connectivity index (χ2v) is 3.00. The molecule has 1 N–H and O–H groups in total. The van der Waals surface area contributed by atoms with E-state index in [0.29, 0.717) is 6.42 Å². The van der Waals surface area contributed by atoms with Crippen molar-refractivity contribution in [2.45, 2.75) is 32.3 Å². The number of hydrogen-bond acceptors (Lipinski definition) is 3. The standard InChI is InChI=1S/C8H12O4/c1-2-5-3-6(4-7(9)10)12-8(5)11/h5-6H,2-4H2,1H3,(H,9,10). The van der Waals surface area contributed by atoms with Gasteiger partial charge in [0.25, 0.3) is 0 Å². The number of hydrogen-bond donors (Lipinski definition) is 1. The van der Waals surface area contributed by atoms with Gasteiger partial charge >= 0.3 is 11.9 Å². The Morgan fingerprint density at radius 1 is 1.75 bits per heavy atom. The predicted octanol–water partition coefficient (Wildman–Crippen LogP) is 0.803. The maximum absolute atomic E-state index is 11.0. The summed E-state index contributed by atoms with van der Waals surface area (Å²) < 4.78 is 4.86. The molecule has 1 fully saturated rings. The first kappa shape index (κ1) is 9.03. The van der Waals surface area contributed by atoms with E-state index >= 15 is 0 Å². The van der Waals surface area contributed by atoms with Crippen LogP contribution in [0.2, 0.25) is 0 Å². The number of esters is 1. The van der Waals surface area contributed by atoms with Crippen LogP contribution in [0, 0.1) is 5.92 Å². The van der Waals surface area contributed by atoms with Gasteiger partial charge in [-0.25, -0.2) is 0 Å². The fourth-order valence-corrected chi connectivity index (χ4v) is 1.38. The first-order valence-electron chi connectivity index (χ1n) is 4.05. The van der Waals surface area contributed by atoms with E-state index in [4.69, 9.17) is 9.84 Å². The smallest absolute Gasteiger partial charge is 0.309 e. The third-order valence-electron chi connectivity index (χ3n) is 2.06. The van der Waals surface area contributed by atoms with Crippen molar-refractivity contribution in [2.75, 3.05) is 0 Å². The molecule has 1 aliphatic rings. The Balaban J connectivity index is 2.43. The quantitative estimate of drug-likeness (QED) is 0.639. The minimum Gasteiger partial charge on any atom is -0.481 e. The lowest BCUT2D eigenvalue weighted by atomic mass is 10.0. The molecule has 0 aromatic rings. The Kier molecular flexibility index (Phi) is 2.68. The zero-order chi connectivity index (χ0) is 9.14. The number of aliphatic carboxylic acids is 1. The molecule has 0 radical (unpaired) electrons. The normalized spacial score (nSPS) is 28.6. The number of carboxylic acid groups (broad SMARTS) is 1. The third kappa shape index (κ3) is 1.96. The molecular formula is C8H12O4. The molecule has 1 saturated heterocycles. The third-order valence-corrected chi connectivity index (χ3v) is 2.06. The van der Waals surface area contributed by atoms with E-state index in [1.54, 1.807) is 0 Å². The zero-order valence-electron chi connectivity index (χ0n) is 6.95. The summed E-state index contributed by atoms with van der Waals surface area (Å²) in [6.45, 7) is 1.90. The Morgan fingerprint density at radius 2 is 2.42 bits per heavy atom. The van der Waals surface area contributed by atoms with Gasteiger partial charge in [-0.2, -0.15) is 0 Å². The number of carbonyl (C=O) groups is 2. The van der Waals surface area contributed by atoms with Crippen molar-refractivity contribution in [2.24, 2.45) is 5.92 Å². The minimum absolute atomic E-state index is 0.0672. The Hall–Kier alpha value is -1.06. The molecule has 4 nitrogen and oxygen atoms in total. The molecule has 4 heteroatoms. The highest BCUT2D eigenvalue weighted by Gasteiger charge is 2.33. The van der Waals surface area contributed by atoms with Crippen LogP contribution in [0.5, 0.6) is 0 Å². The van der Waals surface area contributed by atoms with Crippen LogP contribution in [-0.2, 0) is 14.3 Å². The zero-order valence-corrected chi connectivity index (χ0v) is 6.95. The van der Waals surface area contributed by atoms with Crippen molar-refractivity contribution >= 4 is 11.9 Å². The molecule has 2 atom stereocenters. The van der Waals surface area contributed by atoms with E-state index in [9.17, 15) is 9.59 Å². The van der Waals surface area contributed by atoms with Gasteiger partial charge in [0, 0.05) is 0 Å². The summed E-state index contributed by atoms with van der Waals surface area (Å²) >= 11 is 0. The van der Waals surface area contributed by atoms with Gasteiger partial charge in [-0.1, -0.05) is 6.92 Å². The van der Waals surface area contributed by atoms with Crippen LogP contribution in [-0.4, -0.2) is 23.1 Å². The number of carboxylic acids is 1. The molecule has 0 aromatic heterocycles. The molecule has 0 amide bonds. The average Bonchev–Trinajstić information content (AvgIpc) is 2.29. The summed E-state index contributed by atoms with van der Waals surface area (Å²) in [7, 11) is 0. The maximum atomic E-state index is 11.0. The fraction of sp³-hybridized carbons (Fsp3) is 0.750. The number of cyclic esters (lactones) is 1. The monoisotopic (exact) mass is 172 g/mol. The van der Waals surface area contributed by atoms with Gasteiger partial charge in [0.1, 0.15) is 6.10 Å². The first-order valence-corrected chi connectivity index (χ1v) is 4.05. The van der Waals surface area contributed by atoms with E-state index in [1.807, 2.05) is 6.92 Å². The molecule has 0 bridgehead atoms. The van der Waals surface area contributed by atoms with Crippen LogP contribution < -0.4 is 0 Å². The number of rotatable bonds is 3. The van der Waals surface area contributed by atoms with E-state index in [2.05, 4.69) is 0 Å². The molecule has 0 saturated carbocycles. The van der Waals surface area contributed by atoms with Crippen molar-refractivity contribution in [3.63, 3.8) is 0 Å². The van der Waals surface area contributed by atoms with Gasteiger partial charge in [-0.15, -0.1) is 0 Å². The Labute approximate surface area is 70.5 Å². The van der Waals surface area contributed by atoms with Crippen molar-refractivity contribution in [1.82, 2.24) is 0 Å². The lowest BCUT2D eigenvalue weighted by molar-refractivity contribution is -0.147. The van der Waals surface area contributed by atoms with Crippen LogP contribution in [0.3, 0.4) is 0 Å². The van der Waals surface area contributed by atoms with Crippen LogP contribution in [0.15, 0.2) is 0 Å². The van der Waals surface area contributed by atoms with Crippen molar-refractivity contribution in [3.8, 4) is 0 Å². The average molecular weight is 172 g/mol. The second-order valence-electron chi connectivity index (χ2n) is 3.00. The van der Waals surface area contributed by atoms with Gasteiger partial charge < -0.3 is 9.84 Å². The van der Waals surface area contributed by atoms with Crippen LogP contribution in [0.25, 0.3) is 0 Å². The lowest BCUT2D eigenvalue weighted by Crippen LogP contribution is -2.12. The molecular weight excluding hydrogens is 160 g/mol. The van der Waals surface area contributed by atoms with Crippen LogP contribution in [0.4, 0.5) is 0 Å². The molecule has 0 aliphatic carbocycles. The van der Waals surface area contributed by atoms with Gasteiger partial charge in [-0.05, 0) is 12.8 Å². The number of ether oxygens (including phenoxy) is 1. The number of carbonyl (C=O) groups excluding carboxylic acids is 1. The summed E-state index contributed by atoms with van der Waals surface area (Å²) in [5.74, 6) is -1.25. The molecule has 12 heavy (non-hydrogen) atoms. The molecule has 1 aliphatic heterocycles. The Morgan fingerprint density at radius 3 is 2.83 bits per heavy atom.